The molecule has 3 heteroatoms. The molecule has 3 atom stereocenters. The Hall–Kier alpha value is -0.380. The average Bonchev–Trinajstić information content (AvgIpc) is 2.81. The quantitative estimate of drug-likeness (QED) is 0.899. The lowest BCUT2D eigenvalue weighted by atomic mass is 9.93. The first kappa shape index (κ1) is 14.0. The third-order valence-corrected chi connectivity index (χ3v) is 5.44. The van der Waals surface area contributed by atoms with Crippen LogP contribution >= 0.6 is 11.3 Å². The minimum atomic E-state index is 0.492. The molecular weight excluding hydrogens is 240 g/mol. The second-order valence-electron chi connectivity index (χ2n) is 5.68. The van der Waals surface area contributed by atoms with Crippen molar-refractivity contribution in [1.82, 2.24) is 10.2 Å². The molecule has 2 nitrogen and oxygen atoms in total. The minimum Gasteiger partial charge on any atom is -0.306 e. The zero-order valence-electron chi connectivity index (χ0n) is 12.1. The molecule has 0 amide bonds. The largest absolute Gasteiger partial charge is 0.306 e. The SMILES string of the molecule is CCc1ccc(C(C)NC2CCN(C)CC2C)s1. The molecule has 1 aromatic rings. The van der Waals surface area contributed by atoms with Gasteiger partial charge in [0.2, 0.25) is 0 Å². The van der Waals surface area contributed by atoms with Crippen LogP contribution in [0.2, 0.25) is 0 Å². The van der Waals surface area contributed by atoms with Crippen molar-refractivity contribution in [3.63, 3.8) is 0 Å². The van der Waals surface area contributed by atoms with E-state index < -0.39 is 0 Å². The fraction of sp³-hybridized carbons (Fsp3) is 0.733. The smallest absolute Gasteiger partial charge is 0.0388 e. The maximum absolute atomic E-state index is 3.83. The number of rotatable bonds is 4. The number of nitrogens with one attached hydrogen (secondary N) is 1. The van der Waals surface area contributed by atoms with Crippen molar-refractivity contribution in [2.75, 3.05) is 20.1 Å². The van der Waals surface area contributed by atoms with Crippen LogP contribution in [0, 0.1) is 5.92 Å². The van der Waals surface area contributed by atoms with E-state index >= 15 is 0 Å². The Morgan fingerprint density at radius 2 is 2.28 bits per heavy atom. The van der Waals surface area contributed by atoms with Crippen LogP contribution in [0.4, 0.5) is 0 Å². The Kier molecular flexibility index (Phi) is 4.82. The normalized spacial score (nSPS) is 27.3. The van der Waals surface area contributed by atoms with Gasteiger partial charge in [-0.3, -0.25) is 0 Å². The van der Waals surface area contributed by atoms with Gasteiger partial charge in [-0.15, -0.1) is 11.3 Å². The predicted molar refractivity (Wildman–Crippen MR) is 80.3 cm³/mol. The van der Waals surface area contributed by atoms with E-state index in [4.69, 9.17) is 0 Å². The molecule has 1 saturated heterocycles. The molecule has 3 unspecified atom stereocenters. The third kappa shape index (κ3) is 3.34. The Bertz CT molecular complexity index is 374. The Labute approximate surface area is 115 Å². The van der Waals surface area contributed by atoms with Crippen LogP contribution in [0.1, 0.15) is 43.0 Å². The summed E-state index contributed by atoms with van der Waals surface area (Å²) in [5.41, 5.74) is 0. The molecule has 0 bridgehead atoms. The number of nitrogens with zero attached hydrogens (tertiary/aromatic N) is 1. The molecule has 2 heterocycles. The monoisotopic (exact) mass is 266 g/mol. The van der Waals surface area contributed by atoms with Crippen LogP contribution in [0.5, 0.6) is 0 Å². The Morgan fingerprint density at radius 3 is 2.89 bits per heavy atom. The highest BCUT2D eigenvalue weighted by atomic mass is 32.1. The van der Waals surface area contributed by atoms with Crippen molar-refractivity contribution in [1.29, 1.82) is 0 Å². The summed E-state index contributed by atoms with van der Waals surface area (Å²) in [7, 11) is 2.23. The standard InChI is InChI=1S/C15H26N2S/c1-5-13-6-7-15(18-13)12(3)16-14-8-9-17(4)10-11(14)2/h6-7,11-12,14,16H,5,8-10H2,1-4H3. The molecule has 1 N–H and O–H groups in total. The lowest BCUT2D eigenvalue weighted by Gasteiger charge is -2.36. The topological polar surface area (TPSA) is 15.3 Å². The van der Waals surface area contributed by atoms with Gasteiger partial charge in [0, 0.05) is 28.4 Å². The van der Waals surface area contributed by atoms with Gasteiger partial charge in [-0.1, -0.05) is 13.8 Å². The lowest BCUT2D eigenvalue weighted by Crippen LogP contribution is -2.47. The summed E-state index contributed by atoms with van der Waals surface area (Å²) in [6, 6.07) is 5.73. The van der Waals surface area contributed by atoms with Crippen molar-refractivity contribution in [2.24, 2.45) is 5.92 Å². The van der Waals surface area contributed by atoms with Crippen LogP contribution in [0.25, 0.3) is 0 Å². The van der Waals surface area contributed by atoms with Crippen LogP contribution in [0.3, 0.4) is 0 Å². The summed E-state index contributed by atoms with van der Waals surface area (Å²) >= 11 is 1.96. The first-order valence-corrected chi connectivity index (χ1v) is 7.95. The summed E-state index contributed by atoms with van der Waals surface area (Å²) in [4.78, 5) is 5.42. The molecule has 1 aliphatic heterocycles. The van der Waals surface area contributed by atoms with Crippen molar-refractivity contribution in [2.45, 2.75) is 45.7 Å². The number of hydrogen-bond donors (Lipinski definition) is 1. The molecule has 0 radical (unpaired) electrons. The summed E-state index contributed by atoms with van der Waals surface area (Å²) in [6.07, 6.45) is 2.43. The van der Waals surface area contributed by atoms with Gasteiger partial charge >= 0.3 is 0 Å². The van der Waals surface area contributed by atoms with E-state index in [-0.39, 0.29) is 0 Å². The molecule has 1 aliphatic rings. The summed E-state index contributed by atoms with van der Waals surface area (Å²) < 4.78 is 0. The maximum atomic E-state index is 3.83. The van der Waals surface area contributed by atoms with E-state index in [0.717, 1.165) is 12.3 Å². The van der Waals surface area contributed by atoms with Gasteiger partial charge in [-0.25, -0.2) is 0 Å². The number of hydrogen-bond acceptors (Lipinski definition) is 3. The zero-order chi connectivity index (χ0) is 13.1. The van der Waals surface area contributed by atoms with Gasteiger partial charge in [-0.05, 0) is 51.4 Å². The van der Waals surface area contributed by atoms with E-state index in [1.165, 1.54) is 29.3 Å². The molecule has 18 heavy (non-hydrogen) atoms. The van der Waals surface area contributed by atoms with Crippen molar-refractivity contribution >= 4 is 11.3 Å². The summed E-state index contributed by atoms with van der Waals surface area (Å²) in [6.45, 7) is 9.34. The lowest BCUT2D eigenvalue weighted by molar-refractivity contribution is 0.168. The maximum Gasteiger partial charge on any atom is 0.0388 e. The highest BCUT2D eigenvalue weighted by Crippen LogP contribution is 2.26. The number of aryl methyl sites for hydroxylation is 1. The van der Waals surface area contributed by atoms with Crippen LogP contribution < -0.4 is 5.32 Å². The number of thiophene rings is 1. The second-order valence-corrected chi connectivity index (χ2v) is 6.88. The molecule has 1 fully saturated rings. The highest BCUT2D eigenvalue weighted by molar-refractivity contribution is 7.12. The Balaban J connectivity index is 1.92. The molecule has 0 saturated carbocycles. The zero-order valence-corrected chi connectivity index (χ0v) is 12.9. The van der Waals surface area contributed by atoms with Crippen LogP contribution in [-0.2, 0) is 6.42 Å². The van der Waals surface area contributed by atoms with Crippen molar-refractivity contribution in [3.8, 4) is 0 Å². The van der Waals surface area contributed by atoms with Crippen molar-refractivity contribution in [3.05, 3.63) is 21.9 Å². The van der Waals surface area contributed by atoms with E-state index in [9.17, 15) is 0 Å². The first-order valence-electron chi connectivity index (χ1n) is 7.13. The highest BCUT2D eigenvalue weighted by Gasteiger charge is 2.25. The minimum absolute atomic E-state index is 0.492. The second kappa shape index (κ2) is 6.18. The van der Waals surface area contributed by atoms with Crippen LogP contribution in [-0.4, -0.2) is 31.1 Å². The Morgan fingerprint density at radius 1 is 1.50 bits per heavy atom. The van der Waals surface area contributed by atoms with Gasteiger partial charge in [0.05, 0.1) is 0 Å². The summed E-state index contributed by atoms with van der Waals surface area (Å²) in [5.74, 6) is 0.747. The molecule has 0 aliphatic carbocycles. The van der Waals surface area contributed by atoms with Gasteiger partial charge in [0.15, 0.2) is 0 Å². The fourth-order valence-electron chi connectivity index (χ4n) is 2.82. The predicted octanol–water partition coefficient (Wildman–Crippen LogP) is 3.30. The number of piperidine rings is 1. The van der Waals surface area contributed by atoms with Gasteiger partial charge in [0.1, 0.15) is 0 Å². The third-order valence-electron chi connectivity index (χ3n) is 4.03. The van der Waals surface area contributed by atoms with Gasteiger partial charge < -0.3 is 10.2 Å². The first-order chi connectivity index (χ1) is 8.60. The molecule has 102 valence electrons. The van der Waals surface area contributed by atoms with E-state index in [2.05, 4.69) is 50.2 Å². The molecule has 2 rings (SSSR count). The van der Waals surface area contributed by atoms with Crippen molar-refractivity contribution < 1.29 is 0 Å². The molecule has 1 aromatic heterocycles. The molecule has 0 aromatic carbocycles. The van der Waals surface area contributed by atoms with Gasteiger partial charge in [-0.2, -0.15) is 0 Å². The molecule has 0 spiro atoms. The average molecular weight is 266 g/mol. The fourth-order valence-corrected chi connectivity index (χ4v) is 3.79. The molecular formula is C15H26N2S. The van der Waals surface area contributed by atoms with E-state index in [1.54, 1.807) is 0 Å². The van der Waals surface area contributed by atoms with E-state index in [0.29, 0.717) is 12.1 Å². The van der Waals surface area contributed by atoms with E-state index in [1.807, 2.05) is 11.3 Å². The van der Waals surface area contributed by atoms with Gasteiger partial charge in [0.25, 0.3) is 0 Å². The van der Waals surface area contributed by atoms with Crippen LogP contribution in [0.15, 0.2) is 12.1 Å². The number of likely N-dealkylation sites (tertiary alicyclic amines) is 1. The summed E-state index contributed by atoms with van der Waals surface area (Å²) in [5, 5.41) is 3.83.